The van der Waals surface area contributed by atoms with Crippen molar-refractivity contribution in [1.29, 1.82) is 0 Å². The Morgan fingerprint density at radius 2 is 1.00 bits per heavy atom. The third-order valence-corrected chi connectivity index (χ3v) is 12.6. The fourth-order valence-corrected chi connectivity index (χ4v) is 10.4. The van der Waals surface area contributed by atoms with Crippen molar-refractivity contribution in [2.75, 3.05) is 4.90 Å². The zero-order chi connectivity index (χ0) is 34.4. The lowest BCUT2D eigenvalue weighted by atomic mass is 10.1. The second kappa shape index (κ2) is 9.94. The Bertz CT molecular complexity index is 3650. The molecule has 8 aromatic carbocycles. The molecule has 0 atom stereocenters. The number of rotatable bonds is 3. The number of thiophene rings is 1. The molecule has 5 heterocycles. The number of aromatic nitrogens is 2. The van der Waals surface area contributed by atoms with Gasteiger partial charge < -0.3 is 18.1 Å². The summed E-state index contributed by atoms with van der Waals surface area (Å²) in [7, 11) is 0. The van der Waals surface area contributed by atoms with E-state index < -0.39 is 0 Å². The van der Waals surface area contributed by atoms with Gasteiger partial charge in [0.25, 0.3) is 0 Å². The molecule has 0 spiro atoms. The predicted octanol–water partition coefficient (Wildman–Crippen LogP) is 14.0. The van der Waals surface area contributed by atoms with E-state index in [-0.39, 0.29) is 0 Å². The molecule has 13 rings (SSSR count). The highest BCUT2D eigenvalue weighted by atomic mass is 32.1. The van der Waals surface area contributed by atoms with Gasteiger partial charge in [0.2, 0.25) is 0 Å². The molecule has 0 aliphatic rings. The highest BCUT2D eigenvalue weighted by molar-refractivity contribution is 7.26. The van der Waals surface area contributed by atoms with E-state index in [0.29, 0.717) is 0 Å². The molecule has 0 saturated heterocycles. The second-order valence-corrected chi connectivity index (χ2v) is 15.2. The van der Waals surface area contributed by atoms with E-state index >= 15 is 0 Å². The largest absolute Gasteiger partial charge is 0.456 e. The van der Waals surface area contributed by atoms with Gasteiger partial charge >= 0.3 is 0 Å². The van der Waals surface area contributed by atoms with E-state index in [2.05, 4.69) is 171 Å². The van der Waals surface area contributed by atoms with Crippen molar-refractivity contribution in [2.45, 2.75) is 0 Å². The summed E-state index contributed by atoms with van der Waals surface area (Å²) in [5.74, 6) is 0. The lowest BCUT2D eigenvalue weighted by Crippen LogP contribution is -2.10. The molecule has 4 nitrogen and oxygen atoms in total. The highest BCUT2D eigenvalue weighted by Gasteiger charge is 2.24. The van der Waals surface area contributed by atoms with E-state index in [1.807, 2.05) is 17.4 Å². The van der Waals surface area contributed by atoms with Crippen molar-refractivity contribution in [3.8, 4) is 0 Å². The fourth-order valence-electron chi connectivity index (χ4n) is 9.21. The lowest BCUT2D eigenvalue weighted by molar-refractivity contribution is 0.669. The van der Waals surface area contributed by atoms with E-state index in [4.69, 9.17) is 4.42 Å². The Hall–Kier alpha value is -6.82. The monoisotopic (exact) mass is 693 g/mol. The number of nitrogens with zero attached hydrogens (tertiary/aromatic N) is 3. The van der Waals surface area contributed by atoms with Crippen LogP contribution in [-0.4, -0.2) is 8.80 Å². The molecule has 0 amide bonds. The Kier molecular flexibility index (Phi) is 5.22. The molecule has 5 aromatic heterocycles. The number of anilines is 3. The van der Waals surface area contributed by atoms with Gasteiger partial charge in [0, 0.05) is 59.2 Å². The van der Waals surface area contributed by atoms with Crippen LogP contribution in [0.4, 0.5) is 17.1 Å². The smallest absolute Gasteiger partial charge is 0.135 e. The molecule has 0 radical (unpaired) electrons. The van der Waals surface area contributed by atoms with Gasteiger partial charge in [-0.15, -0.1) is 11.3 Å². The van der Waals surface area contributed by atoms with Crippen molar-refractivity contribution in [3.63, 3.8) is 0 Å². The predicted molar refractivity (Wildman–Crippen MR) is 224 cm³/mol. The van der Waals surface area contributed by atoms with Gasteiger partial charge in [-0.2, -0.15) is 0 Å². The summed E-state index contributed by atoms with van der Waals surface area (Å²) in [5, 5.41) is 9.89. The van der Waals surface area contributed by atoms with Gasteiger partial charge in [0.15, 0.2) is 0 Å². The summed E-state index contributed by atoms with van der Waals surface area (Å²) in [6.45, 7) is 0. The molecule has 5 heteroatoms. The van der Waals surface area contributed by atoms with Crippen LogP contribution in [0, 0.1) is 0 Å². The van der Waals surface area contributed by atoms with Crippen LogP contribution < -0.4 is 4.90 Å². The molecule has 246 valence electrons. The first-order valence-electron chi connectivity index (χ1n) is 18.0. The zero-order valence-corrected chi connectivity index (χ0v) is 29.1. The lowest BCUT2D eigenvalue weighted by Gasteiger charge is -2.27. The van der Waals surface area contributed by atoms with Crippen LogP contribution in [0.2, 0.25) is 0 Å². The number of hydrogen-bond donors (Lipinski definition) is 0. The topological polar surface area (TPSA) is 25.2 Å². The maximum absolute atomic E-state index is 6.31. The summed E-state index contributed by atoms with van der Waals surface area (Å²) < 4.78 is 13.9. The summed E-state index contributed by atoms with van der Waals surface area (Å²) in [6.07, 6.45) is 0. The Labute approximate surface area is 305 Å². The van der Waals surface area contributed by atoms with E-state index in [1.54, 1.807) is 0 Å². The third kappa shape index (κ3) is 3.54. The van der Waals surface area contributed by atoms with Crippen LogP contribution in [0.25, 0.3) is 96.8 Å². The van der Waals surface area contributed by atoms with E-state index in [0.717, 1.165) is 39.0 Å². The minimum Gasteiger partial charge on any atom is -0.456 e. The molecule has 0 saturated carbocycles. The van der Waals surface area contributed by atoms with E-state index in [1.165, 1.54) is 74.8 Å². The normalized spacial score (nSPS) is 12.5. The molecule has 0 N–H and O–H groups in total. The van der Waals surface area contributed by atoms with E-state index in [9.17, 15) is 0 Å². The van der Waals surface area contributed by atoms with Crippen LogP contribution in [0.15, 0.2) is 168 Å². The van der Waals surface area contributed by atoms with Gasteiger partial charge in [0.05, 0.1) is 43.5 Å². The number of benzene rings is 8. The van der Waals surface area contributed by atoms with Crippen molar-refractivity contribution in [3.05, 3.63) is 164 Å². The van der Waals surface area contributed by atoms with Crippen molar-refractivity contribution < 1.29 is 4.42 Å². The van der Waals surface area contributed by atoms with Crippen molar-refractivity contribution in [1.82, 2.24) is 8.80 Å². The summed E-state index contributed by atoms with van der Waals surface area (Å²) in [4.78, 5) is 2.45. The fraction of sp³-hybridized carbons (Fsp3) is 0. The van der Waals surface area contributed by atoms with Crippen molar-refractivity contribution >= 4 is 125 Å². The Balaban J connectivity index is 1.18. The molecule has 0 aliphatic carbocycles. The standard InChI is InChI=1S/C48H27N3OS/c1-5-15-38-30(10-1)34-22-23-35-31-11-2-6-16-39(31)51-42-27-29(20-24-40(42)50(38)46(34)47(35)51)49(28-21-25-44-37(26-28)32-12-3-7-18-43(32)52-44)41-17-9-14-36-33-13-4-8-19-45(33)53-48(36)41/h1-27H. The molecular weight excluding hydrogens is 667 g/mol. The number of para-hydroxylation sites is 3. The summed E-state index contributed by atoms with van der Waals surface area (Å²) in [6, 6.07) is 59.8. The summed E-state index contributed by atoms with van der Waals surface area (Å²) in [5.41, 5.74) is 12.4. The molecule has 0 aliphatic heterocycles. The highest BCUT2D eigenvalue weighted by Crippen LogP contribution is 2.48. The van der Waals surface area contributed by atoms with Crippen LogP contribution in [0.5, 0.6) is 0 Å². The molecule has 53 heavy (non-hydrogen) atoms. The number of furan rings is 1. The van der Waals surface area contributed by atoms with Crippen LogP contribution in [-0.2, 0) is 0 Å². The molecular formula is C48H27N3OS. The van der Waals surface area contributed by atoms with Gasteiger partial charge in [0.1, 0.15) is 11.2 Å². The molecule has 0 bridgehead atoms. The molecule has 13 aromatic rings. The molecule has 0 fully saturated rings. The maximum Gasteiger partial charge on any atom is 0.135 e. The Morgan fingerprint density at radius 1 is 0.396 bits per heavy atom. The second-order valence-electron chi connectivity index (χ2n) is 14.1. The Morgan fingerprint density at radius 3 is 1.79 bits per heavy atom. The SMILES string of the molecule is c1ccc2c(c1)oc1ccc(N(c3ccc4c(c3)n3c5ccccc5c5ccc6c7ccccc7n4c6c53)c3cccc4c3sc3ccccc34)cc12. The zero-order valence-electron chi connectivity index (χ0n) is 28.2. The minimum atomic E-state index is 0.890. The quantitative estimate of drug-likeness (QED) is 0.172. The van der Waals surface area contributed by atoms with Gasteiger partial charge in [-0.05, 0) is 66.7 Å². The van der Waals surface area contributed by atoms with Crippen LogP contribution in [0.1, 0.15) is 0 Å². The number of fused-ring (bicyclic) bond motifs is 15. The van der Waals surface area contributed by atoms with Gasteiger partial charge in [-0.1, -0.05) is 97.1 Å². The van der Waals surface area contributed by atoms with Crippen molar-refractivity contribution in [2.24, 2.45) is 0 Å². The first-order chi connectivity index (χ1) is 26.3. The van der Waals surface area contributed by atoms with Gasteiger partial charge in [-0.25, -0.2) is 0 Å². The van der Waals surface area contributed by atoms with Crippen LogP contribution >= 0.6 is 11.3 Å². The first-order valence-corrected chi connectivity index (χ1v) is 18.8. The van der Waals surface area contributed by atoms with Gasteiger partial charge in [-0.3, -0.25) is 0 Å². The third-order valence-electron chi connectivity index (χ3n) is 11.4. The minimum absolute atomic E-state index is 0.890. The number of hydrogen-bond acceptors (Lipinski definition) is 3. The molecule has 0 unspecified atom stereocenters. The first kappa shape index (κ1) is 27.8. The average molecular weight is 694 g/mol. The average Bonchev–Trinajstić information content (AvgIpc) is 3.96. The summed E-state index contributed by atoms with van der Waals surface area (Å²) >= 11 is 1.86. The van der Waals surface area contributed by atoms with Crippen LogP contribution in [0.3, 0.4) is 0 Å². The maximum atomic E-state index is 6.31.